The molecule has 0 heterocycles. The second kappa shape index (κ2) is 7.15. The van der Waals surface area contributed by atoms with Crippen molar-refractivity contribution in [3.8, 4) is 0 Å². The van der Waals surface area contributed by atoms with Gasteiger partial charge in [-0.05, 0) is 39.3 Å². The van der Waals surface area contributed by atoms with Crippen molar-refractivity contribution in [2.45, 2.75) is 44.1 Å². The first-order chi connectivity index (χ1) is 10.0. The number of sulfonamides is 1. The molecule has 0 amide bonds. The van der Waals surface area contributed by atoms with Crippen LogP contribution in [-0.4, -0.2) is 26.5 Å². The van der Waals surface area contributed by atoms with Gasteiger partial charge in [0.05, 0.1) is 0 Å². The molecule has 0 spiro atoms. The molecule has 1 aromatic rings. The molecular formula is C14H19F2NO4S. The Balaban J connectivity index is 2.52. The van der Waals surface area contributed by atoms with Gasteiger partial charge in [0.25, 0.3) is 0 Å². The lowest BCUT2D eigenvalue weighted by molar-refractivity contribution is -0.154. The summed E-state index contributed by atoms with van der Waals surface area (Å²) >= 11 is 0. The third kappa shape index (κ3) is 6.07. The van der Waals surface area contributed by atoms with Gasteiger partial charge >= 0.3 is 5.97 Å². The molecule has 0 radical (unpaired) electrons. The molecule has 1 rings (SSSR count). The van der Waals surface area contributed by atoms with Crippen LogP contribution >= 0.6 is 0 Å². The highest BCUT2D eigenvalue weighted by atomic mass is 32.2. The first-order valence-corrected chi connectivity index (χ1v) is 8.16. The van der Waals surface area contributed by atoms with Crippen LogP contribution < -0.4 is 4.72 Å². The largest absolute Gasteiger partial charge is 0.460 e. The number of halogens is 2. The van der Waals surface area contributed by atoms with Crippen LogP contribution in [0.4, 0.5) is 8.78 Å². The van der Waals surface area contributed by atoms with Crippen molar-refractivity contribution in [1.82, 2.24) is 4.72 Å². The summed E-state index contributed by atoms with van der Waals surface area (Å²) in [4.78, 5) is 10.8. The number of nitrogens with one attached hydrogen (secondary N) is 1. The van der Waals surface area contributed by atoms with E-state index in [1.807, 2.05) is 0 Å². The van der Waals surface area contributed by atoms with Crippen molar-refractivity contribution in [3.05, 3.63) is 29.8 Å². The maximum absolute atomic E-state index is 13.4. The van der Waals surface area contributed by atoms with E-state index in [9.17, 15) is 22.0 Å². The number of ether oxygens (including phenoxy) is 1. The van der Waals surface area contributed by atoms with Gasteiger partial charge in [0.15, 0.2) is 0 Å². The molecule has 0 saturated carbocycles. The lowest BCUT2D eigenvalue weighted by Crippen LogP contribution is -2.27. The summed E-state index contributed by atoms with van der Waals surface area (Å²) in [5.41, 5.74) is -0.603. The summed E-state index contributed by atoms with van der Waals surface area (Å²) in [5, 5.41) is 0. The van der Waals surface area contributed by atoms with E-state index in [-0.39, 0.29) is 19.4 Å². The molecule has 0 fully saturated rings. The molecule has 1 N–H and O–H groups in total. The number of hydrogen-bond donors (Lipinski definition) is 1. The summed E-state index contributed by atoms with van der Waals surface area (Å²) in [7, 11) is -4.08. The SMILES string of the molecule is CC(C)(C)OC(=O)CCCNS(=O)(=O)c1ccc(F)cc1F. The van der Waals surface area contributed by atoms with Gasteiger partial charge in [-0.1, -0.05) is 0 Å². The van der Waals surface area contributed by atoms with Gasteiger partial charge in [-0.25, -0.2) is 21.9 Å². The van der Waals surface area contributed by atoms with E-state index in [0.717, 1.165) is 12.1 Å². The molecule has 0 unspecified atom stereocenters. The molecule has 1 aromatic carbocycles. The van der Waals surface area contributed by atoms with Crippen molar-refractivity contribution in [3.63, 3.8) is 0 Å². The van der Waals surface area contributed by atoms with Crippen LogP contribution in [0.2, 0.25) is 0 Å². The van der Waals surface area contributed by atoms with Crippen molar-refractivity contribution < 1.29 is 26.7 Å². The monoisotopic (exact) mass is 335 g/mol. The molecule has 5 nitrogen and oxygen atoms in total. The highest BCUT2D eigenvalue weighted by Gasteiger charge is 2.20. The molecule has 0 aliphatic rings. The van der Waals surface area contributed by atoms with Crippen LogP contribution in [0.15, 0.2) is 23.1 Å². The third-order valence-electron chi connectivity index (χ3n) is 2.45. The van der Waals surface area contributed by atoms with Gasteiger partial charge in [0, 0.05) is 19.0 Å². The van der Waals surface area contributed by atoms with E-state index in [1.54, 1.807) is 20.8 Å². The first-order valence-electron chi connectivity index (χ1n) is 6.68. The van der Waals surface area contributed by atoms with E-state index in [1.165, 1.54) is 0 Å². The van der Waals surface area contributed by atoms with Gasteiger partial charge in [0.1, 0.15) is 22.1 Å². The zero-order valence-electron chi connectivity index (χ0n) is 12.7. The van der Waals surface area contributed by atoms with Crippen LogP contribution in [0.25, 0.3) is 0 Å². The van der Waals surface area contributed by atoms with Gasteiger partial charge in [-0.2, -0.15) is 0 Å². The highest BCUT2D eigenvalue weighted by molar-refractivity contribution is 7.89. The van der Waals surface area contributed by atoms with Crippen molar-refractivity contribution in [1.29, 1.82) is 0 Å². The molecule has 0 aromatic heterocycles. The van der Waals surface area contributed by atoms with Gasteiger partial charge in [-0.15, -0.1) is 0 Å². The minimum atomic E-state index is -4.08. The molecule has 0 saturated heterocycles. The summed E-state index contributed by atoms with van der Waals surface area (Å²) < 4.78 is 57.1. The molecular weight excluding hydrogens is 316 g/mol. The Morgan fingerprint density at radius 3 is 2.45 bits per heavy atom. The standard InChI is InChI=1S/C14H19F2NO4S/c1-14(2,3)21-13(18)5-4-8-17-22(19,20)12-7-6-10(15)9-11(12)16/h6-7,9,17H,4-5,8H2,1-3H3. The van der Waals surface area contributed by atoms with E-state index < -0.39 is 38.1 Å². The number of esters is 1. The fourth-order valence-corrected chi connectivity index (χ4v) is 2.73. The number of benzene rings is 1. The molecule has 0 aliphatic carbocycles. The van der Waals surface area contributed by atoms with E-state index in [2.05, 4.69) is 4.72 Å². The molecule has 0 atom stereocenters. The Labute approximate surface area is 128 Å². The van der Waals surface area contributed by atoms with Gasteiger partial charge in [0.2, 0.25) is 10.0 Å². The van der Waals surface area contributed by atoms with Crippen LogP contribution in [0.3, 0.4) is 0 Å². The Morgan fingerprint density at radius 2 is 1.91 bits per heavy atom. The fraction of sp³-hybridized carbons (Fsp3) is 0.500. The summed E-state index contributed by atoms with van der Waals surface area (Å²) in [6, 6.07) is 2.20. The minimum absolute atomic E-state index is 0.0334. The molecule has 124 valence electrons. The van der Waals surface area contributed by atoms with Gasteiger partial charge < -0.3 is 4.74 Å². The summed E-state index contributed by atoms with van der Waals surface area (Å²) in [6.07, 6.45) is 0.239. The van der Waals surface area contributed by atoms with E-state index >= 15 is 0 Å². The second-order valence-electron chi connectivity index (χ2n) is 5.66. The molecule has 0 bridgehead atoms. The van der Waals surface area contributed by atoms with Crippen molar-refractivity contribution in [2.24, 2.45) is 0 Å². The van der Waals surface area contributed by atoms with Crippen molar-refractivity contribution >= 4 is 16.0 Å². The van der Waals surface area contributed by atoms with Gasteiger partial charge in [-0.3, -0.25) is 4.79 Å². The van der Waals surface area contributed by atoms with Crippen molar-refractivity contribution in [2.75, 3.05) is 6.54 Å². The Hall–Kier alpha value is -1.54. The van der Waals surface area contributed by atoms with E-state index in [0.29, 0.717) is 6.07 Å². The number of carbonyl (C=O) groups is 1. The average Bonchev–Trinajstić information content (AvgIpc) is 2.32. The lowest BCUT2D eigenvalue weighted by Gasteiger charge is -2.19. The highest BCUT2D eigenvalue weighted by Crippen LogP contribution is 2.15. The number of rotatable bonds is 6. The predicted octanol–water partition coefficient (Wildman–Crippen LogP) is 2.37. The maximum Gasteiger partial charge on any atom is 0.306 e. The quantitative estimate of drug-likeness (QED) is 0.640. The topological polar surface area (TPSA) is 72.5 Å². The van der Waals surface area contributed by atoms with E-state index in [4.69, 9.17) is 4.74 Å². The second-order valence-corrected chi connectivity index (χ2v) is 7.40. The van der Waals surface area contributed by atoms with Crippen LogP contribution in [0, 0.1) is 11.6 Å². The first kappa shape index (κ1) is 18.5. The minimum Gasteiger partial charge on any atom is -0.460 e. The number of carbonyl (C=O) groups excluding carboxylic acids is 1. The predicted molar refractivity (Wildman–Crippen MR) is 76.6 cm³/mol. The lowest BCUT2D eigenvalue weighted by atomic mass is 10.2. The Morgan fingerprint density at radius 1 is 1.27 bits per heavy atom. The van der Waals surface area contributed by atoms with Crippen LogP contribution in [-0.2, 0) is 19.6 Å². The molecule has 8 heteroatoms. The zero-order chi connectivity index (χ0) is 17.0. The molecule has 22 heavy (non-hydrogen) atoms. The normalized spacial score (nSPS) is 12.2. The fourth-order valence-electron chi connectivity index (χ4n) is 1.60. The maximum atomic E-state index is 13.4. The smallest absolute Gasteiger partial charge is 0.306 e. The van der Waals surface area contributed by atoms with Crippen LogP contribution in [0.1, 0.15) is 33.6 Å². The average molecular weight is 335 g/mol. The zero-order valence-corrected chi connectivity index (χ0v) is 13.5. The Bertz CT molecular complexity index is 639. The van der Waals surface area contributed by atoms with Crippen LogP contribution in [0.5, 0.6) is 0 Å². The number of hydrogen-bond acceptors (Lipinski definition) is 4. The summed E-state index contributed by atoms with van der Waals surface area (Å²) in [6.45, 7) is 5.12. The summed E-state index contributed by atoms with van der Waals surface area (Å²) in [5.74, 6) is -2.47. The molecule has 0 aliphatic heterocycles. The third-order valence-corrected chi connectivity index (χ3v) is 3.95. The Kier molecular flexibility index (Phi) is 6.01.